The van der Waals surface area contributed by atoms with Crippen molar-refractivity contribution in [1.29, 1.82) is 0 Å². The number of aliphatic hydroxyl groups excluding tert-OH is 1. The third-order valence-electron chi connectivity index (χ3n) is 4.47. The Labute approximate surface area is 103 Å². The monoisotopic (exact) mass is 231 g/mol. The largest absolute Gasteiger partial charge is 0.391 e. The first-order valence-electron chi connectivity index (χ1n) is 6.81. The summed E-state index contributed by atoms with van der Waals surface area (Å²) in [7, 11) is 0. The molecule has 1 aromatic rings. The van der Waals surface area contributed by atoms with E-state index in [2.05, 4.69) is 35.2 Å². The third-order valence-corrected chi connectivity index (χ3v) is 4.47. The molecule has 92 valence electrons. The number of hydrogen-bond acceptors (Lipinski definition) is 2. The summed E-state index contributed by atoms with van der Waals surface area (Å²) in [6.45, 7) is 2.31. The highest BCUT2D eigenvalue weighted by Crippen LogP contribution is 2.33. The molecule has 0 spiro atoms. The van der Waals surface area contributed by atoms with Gasteiger partial charge in [0.05, 0.1) is 6.10 Å². The van der Waals surface area contributed by atoms with Crippen molar-refractivity contribution in [3.8, 4) is 0 Å². The molecule has 1 aromatic carbocycles. The molecule has 0 bridgehead atoms. The summed E-state index contributed by atoms with van der Waals surface area (Å²) in [5, 5.41) is 9.70. The highest BCUT2D eigenvalue weighted by Gasteiger charge is 2.35. The van der Waals surface area contributed by atoms with Gasteiger partial charge in [0.25, 0.3) is 0 Å². The van der Waals surface area contributed by atoms with Crippen LogP contribution < -0.4 is 0 Å². The van der Waals surface area contributed by atoms with Gasteiger partial charge in [-0.05, 0) is 50.3 Å². The quantitative estimate of drug-likeness (QED) is 0.845. The fraction of sp³-hybridized carbons (Fsp3) is 0.600. The summed E-state index contributed by atoms with van der Waals surface area (Å²) >= 11 is 0. The molecule has 2 aliphatic rings. The van der Waals surface area contributed by atoms with Gasteiger partial charge in [0.15, 0.2) is 0 Å². The number of nitrogens with zero attached hydrogens (tertiary/aromatic N) is 1. The van der Waals surface area contributed by atoms with Gasteiger partial charge in [-0.1, -0.05) is 30.3 Å². The molecular formula is C15H21NO. The lowest BCUT2D eigenvalue weighted by atomic mass is 9.83. The van der Waals surface area contributed by atoms with Crippen LogP contribution in [0, 0.1) is 0 Å². The van der Waals surface area contributed by atoms with Crippen molar-refractivity contribution >= 4 is 0 Å². The molecule has 3 rings (SSSR count). The number of aliphatic hydroxyl groups is 1. The predicted molar refractivity (Wildman–Crippen MR) is 69.0 cm³/mol. The van der Waals surface area contributed by atoms with Gasteiger partial charge in [0, 0.05) is 6.04 Å². The average Bonchev–Trinajstić information content (AvgIpc) is 2.39. The van der Waals surface area contributed by atoms with E-state index in [-0.39, 0.29) is 6.10 Å². The first-order valence-corrected chi connectivity index (χ1v) is 6.81. The molecule has 0 radical (unpaired) electrons. The Morgan fingerprint density at radius 2 is 1.65 bits per heavy atom. The third kappa shape index (κ3) is 2.24. The van der Waals surface area contributed by atoms with Gasteiger partial charge in [-0.15, -0.1) is 0 Å². The Hall–Kier alpha value is -0.860. The van der Waals surface area contributed by atoms with Gasteiger partial charge in [-0.2, -0.15) is 0 Å². The molecule has 2 atom stereocenters. The van der Waals surface area contributed by atoms with Crippen LogP contribution >= 0.6 is 0 Å². The summed E-state index contributed by atoms with van der Waals surface area (Å²) in [6, 6.07) is 11.3. The topological polar surface area (TPSA) is 23.5 Å². The van der Waals surface area contributed by atoms with E-state index in [9.17, 15) is 5.11 Å². The Kier molecular flexibility index (Phi) is 3.17. The number of likely N-dealkylation sites (tertiary alicyclic amines) is 1. The molecule has 0 unspecified atom stereocenters. The smallest absolute Gasteiger partial charge is 0.0696 e. The summed E-state index contributed by atoms with van der Waals surface area (Å²) in [6.07, 6.45) is 4.63. The van der Waals surface area contributed by atoms with E-state index >= 15 is 0 Å². The second-order valence-electron chi connectivity index (χ2n) is 5.43. The molecule has 0 amide bonds. The molecule has 2 heteroatoms. The van der Waals surface area contributed by atoms with Crippen molar-refractivity contribution < 1.29 is 5.11 Å². The average molecular weight is 231 g/mol. The van der Waals surface area contributed by atoms with E-state index in [0.29, 0.717) is 6.04 Å². The molecule has 1 heterocycles. The molecule has 2 nitrogen and oxygen atoms in total. The highest BCUT2D eigenvalue weighted by atomic mass is 16.3. The minimum atomic E-state index is -0.0525. The molecule has 2 fully saturated rings. The summed E-state index contributed by atoms with van der Waals surface area (Å²) in [4.78, 5) is 2.49. The van der Waals surface area contributed by atoms with Crippen LogP contribution in [0.15, 0.2) is 30.3 Å². The van der Waals surface area contributed by atoms with E-state index in [1.165, 1.54) is 24.8 Å². The minimum absolute atomic E-state index is 0.0525. The molecule has 1 N–H and O–H groups in total. The first kappa shape index (κ1) is 11.2. The van der Waals surface area contributed by atoms with Gasteiger partial charge < -0.3 is 5.11 Å². The zero-order valence-corrected chi connectivity index (χ0v) is 10.3. The van der Waals surface area contributed by atoms with Gasteiger partial charge >= 0.3 is 0 Å². The van der Waals surface area contributed by atoms with Crippen molar-refractivity contribution in [2.24, 2.45) is 0 Å². The van der Waals surface area contributed by atoms with E-state index < -0.39 is 0 Å². The molecule has 1 saturated carbocycles. The van der Waals surface area contributed by atoms with Gasteiger partial charge in [0.2, 0.25) is 0 Å². The Balaban J connectivity index is 1.57. The minimum Gasteiger partial charge on any atom is -0.391 e. The lowest BCUT2D eigenvalue weighted by molar-refractivity contribution is -0.0301. The molecule has 1 saturated heterocycles. The summed E-state index contributed by atoms with van der Waals surface area (Å²) in [5.41, 5.74) is 1.49. The lowest BCUT2D eigenvalue weighted by Crippen LogP contribution is -2.52. The molecular weight excluding hydrogens is 210 g/mol. The summed E-state index contributed by atoms with van der Waals surface area (Å²) < 4.78 is 0. The molecule has 17 heavy (non-hydrogen) atoms. The van der Waals surface area contributed by atoms with Gasteiger partial charge in [-0.25, -0.2) is 0 Å². The maximum absolute atomic E-state index is 9.70. The summed E-state index contributed by atoms with van der Waals surface area (Å²) in [5.74, 6) is 0.727. The fourth-order valence-electron chi connectivity index (χ4n) is 3.18. The molecule has 1 aliphatic carbocycles. The Morgan fingerprint density at radius 3 is 2.18 bits per heavy atom. The van der Waals surface area contributed by atoms with Crippen LogP contribution in [0.4, 0.5) is 0 Å². The van der Waals surface area contributed by atoms with E-state index in [4.69, 9.17) is 0 Å². The van der Waals surface area contributed by atoms with Crippen LogP contribution in [-0.4, -0.2) is 35.2 Å². The predicted octanol–water partition coefficient (Wildman–Crippen LogP) is 2.39. The molecule has 0 aromatic heterocycles. The Bertz CT molecular complexity index is 356. The maximum atomic E-state index is 9.70. The zero-order valence-electron chi connectivity index (χ0n) is 10.3. The fourth-order valence-corrected chi connectivity index (χ4v) is 3.18. The molecule has 1 aliphatic heterocycles. The standard InChI is InChI=1S/C15H21NO/c17-15-7-6-14(15)16-10-8-13(9-11-16)12-4-2-1-3-5-12/h1-5,13-15,17H,6-11H2/t14-,15-/m1/s1. The normalized spacial score (nSPS) is 31.1. The van der Waals surface area contributed by atoms with E-state index in [1.807, 2.05) is 0 Å². The van der Waals surface area contributed by atoms with Crippen molar-refractivity contribution in [3.63, 3.8) is 0 Å². The lowest BCUT2D eigenvalue weighted by Gasteiger charge is -2.44. The van der Waals surface area contributed by atoms with E-state index in [0.717, 1.165) is 25.4 Å². The number of benzene rings is 1. The van der Waals surface area contributed by atoms with Crippen LogP contribution in [0.1, 0.15) is 37.2 Å². The number of hydrogen-bond donors (Lipinski definition) is 1. The SMILES string of the molecule is O[C@@H]1CC[C@H]1N1CCC(c2ccccc2)CC1. The van der Waals surface area contributed by atoms with Crippen molar-refractivity contribution in [2.45, 2.75) is 43.7 Å². The van der Waals surface area contributed by atoms with E-state index in [1.54, 1.807) is 0 Å². The van der Waals surface area contributed by atoms with Gasteiger partial charge in [0.1, 0.15) is 0 Å². The first-order chi connectivity index (χ1) is 8.34. The number of piperidine rings is 1. The maximum Gasteiger partial charge on any atom is 0.0696 e. The van der Waals surface area contributed by atoms with Gasteiger partial charge in [-0.3, -0.25) is 4.90 Å². The second-order valence-corrected chi connectivity index (χ2v) is 5.43. The zero-order chi connectivity index (χ0) is 11.7. The van der Waals surface area contributed by atoms with Crippen LogP contribution in [0.25, 0.3) is 0 Å². The van der Waals surface area contributed by atoms with Crippen LogP contribution in [0.2, 0.25) is 0 Å². The highest BCUT2D eigenvalue weighted by molar-refractivity contribution is 5.20. The Morgan fingerprint density at radius 1 is 0.941 bits per heavy atom. The number of rotatable bonds is 2. The van der Waals surface area contributed by atoms with Crippen molar-refractivity contribution in [2.75, 3.05) is 13.1 Å². The van der Waals surface area contributed by atoms with Crippen LogP contribution in [-0.2, 0) is 0 Å². The van der Waals surface area contributed by atoms with Crippen molar-refractivity contribution in [1.82, 2.24) is 4.90 Å². The second kappa shape index (κ2) is 4.79. The van der Waals surface area contributed by atoms with Crippen molar-refractivity contribution in [3.05, 3.63) is 35.9 Å². The van der Waals surface area contributed by atoms with Crippen LogP contribution in [0.5, 0.6) is 0 Å². The van der Waals surface area contributed by atoms with Crippen LogP contribution in [0.3, 0.4) is 0 Å².